The average Bonchev–Trinajstić information content (AvgIpc) is 3.27. The molecule has 0 heteroatoms. The first-order valence-corrected chi connectivity index (χ1v) is 11.7. The Kier molecular flexibility index (Phi) is 5.26. The summed E-state index contributed by atoms with van der Waals surface area (Å²) in [6.45, 7) is 0. The van der Waals surface area contributed by atoms with Gasteiger partial charge in [0.2, 0.25) is 0 Å². The molecule has 34 heavy (non-hydrogen) atoms. The van der Waals surface area contributed by atoms with Crippen molar-refractivity contribution >= 4 is 24.3 Å². The van der Waals surface area contributed by atoms with E-state index in [-0.39, 0.29) is 0 Å². The summed E-state index contributed by atoms with van der Waals surface area (Å²) in [5, 5.41) is 0. The van der Waals surface area contributed by atoms with Crippen molar-refractivity contribution in [2.24, 2.45) is 0 Å². The zero-order chi connectivity index (χ0) is 22.7. The van der Waals surface area contributed by atoms with Crippen molar-refractivity contribution in [2.45, 2.75) is 0 Å². The third-order valence-electron chi connectivity index (χ3n) is 6.51. The summed E-state index contributed by atoms with van der Waals surface area (Å²) in [7, 11) is 0. The van der Waals surface area contributed by atoms with E-state index in [0.717, 1.165) is 0 Å². The lowest BCUT2D eigenvalue weighted by Gasteiger charge is -1.99. The molecular formula is C34H24. The van der Waals surface area contributed by atoms with E-state index in [4.69, 9.17) is 0 Å². The Bertz CT molecular complexity index is 1430. The summed E-state index contributed by atoms with van der Waals surface area (Å²) < 4.78 is 0. The highest BCUT2D eigenvalue weighted by atomic mass is 14.2. The van der Waals surface area contributed by atoms with Gasteiger partial charge in [0.15, 0.2) is 0 Å². The van der Waals surface area contributed by atoms with Crippen molar-refractivity contribution in [1.82, 2.24) is 0 Å². The van der Waals surface area contributed by atoms with Crippen molar-refractivity contribution in [2.75, 3.05) is 0 Å². The van der Waals surface area contributed by atoms with Crippen molar-refractivity contribution in [3.63, 3.8) is 0 Å². The molecule has 0 aromatic carbocycles. The summed E-state index contributed by atoms with van der Waals surface area (Å²) in [6.07, 6.45) is 8.98. The molecule has 0 unspecified atom stereocenters. The lowest BCUT2D eigenvalue weighted by molar-refractivity contribution is 1.77. The van der Waals surface area contributed by atoms with E-state index in [2.05, 4.69) is 146 Å². The lowest BCUT2D eigenvalue weighted by Crippen LogP contribution is -1.74. The standard InChI is InChI=1S/C34H24/c1-4-10-25-16-18-27(31(25)12-6-1)20-22-29-24-30(34-15-9-3-8-14-33(29)34)23-21-28-19-17-26-11-5-2-7-13-32(26)28/h1-24H/b22-20+,23-21+. The molecule has 0 fully saturated rings. The highest BCUT2D eigenvalue weighted by molar-refractivity contribution is 5.94. The molecular weight excluding hydrogens is 408 g/mol. The van der Waals surface area contributed by atoms with Gasteiger partial charge in [-0.15, -0.1) is 0 Å². The van der Waals surface area contributed by atoms with Gasteiger partial charge in [0, 0.05) is 0 Å². The zero-order valence-electron chi connectivity index (χ0n) is 18.9. The normalized spacial score (nSPS) is 11.9. The van der Waals surface area contributed by atoms with Crippen molar-refractivity contribution in [3.8, 4) is 33.4 Å². The Hall–Kier alpha value is -4.42. The second-order valence-electron chi connectivity index (χ2n) is 8.60. The molecule has 0 aromatic rings. The summed E-state index contributed by atoms with van der Waals surface area (Å²) in [4.78, 5) is 0. The third kappa shape index (κ3) is 3.80. The number of hydrogen-bond acceptors (Lipinski definition) is 0. The van der Waals surface area contributed by atoms with Crippen LogP contribution in [0.2, 0.25) is 0 Å². The quantitative estimate of drug-likeness (QED) is 0.260. The molecule has 0 bridgehead atoms. The second-order valence-corrected chi connectivity index (χ2v) is 8.60. The maximum absolute atomic E-state index is 2.30. The van der Waals surface area contributed by atoms with Crippen LogP contribution in [0.3, 0.4) is 0 Å². The predicted molar refractivity (Wildman–Crippen MR) is 147 cm³/mol. The molecule has 0 saturated carbocycles. The summed E-state index contributed by atoms with van der Waals surface area (Å²) in [6, 6.07) is 43.1. The van der Waals surface area contributed by atoms with Gasteiger partial charge in [0.05, 0.1) is 0 Å². The number of hydrogen-bond donors (Lipinski definition) is 0. The molecule has 0 saturated heterocycles. The van der Waals surface area contributed by atoms with Crippen LogP contribution in [-0.2, 0) is 0 Å². The summed E-state index contributed by atoms with van der Waals surface area (Å²) >= 11 is 0. The Morgan fingerprint density at radius 3 is 1.15 bits per heavy atom. The first-order valence-electron chi connectivity index (χ1n) is 11.7. The molecule has 0 aliphatic heterocycles. The van der Waals surface area contributed by atoms with Crippen LogP contribution in [0.25, 0.3) is 57.7 Å². The minimum absolute atomic E-state index is 1.24. The third-order valence-corrected chi connectivity index (χ3v) is 6.51. The molecule has 160 valence electrons. The fraction of sp³-hybridized carbons (Fsp3) is 0. The van der Waals surface area contributed by atoms with E-state index in [0.29, 0.717) is 0 Å². The molecule has 0 amide bonds. The van der Waals surface area contributed by atoms with Crippen LogP contribution in [0.4, 0.5) is 0 Å². The number of fused-ring (bicyclic) bond motifs is 3. The molecule has 0 N–H and O–H groups in total. The summed E-state index contributed by atoms with van der Waals surface area (Å²) in [5.41, 5.74) is 12.6. The van der Waals surface area contributed by atoms with Gasteiger partial charge in [0.25, 0.3) is 0 Å². The van der Waals surface area contributed by atoms with E-state index in [9.17, 15) is 0 Å². The van der Waals surface area contributed by atoms with Gasteiger partial charge in [-0.2, -0.15) is 0 Å². The van der Waals surface area contributed by atoms with Crippen LogP contribution < -0.4 is 0 Å². The van der Waals surface area contributed by atoms with Gasteiger partial charge >= 0.3 is 0 Å². The van der Waals surface area contributed by atoms with Gasteiger partial charge in [-0.1, -0.05) is 140 Å². The van der Waals surface area contributed by atoms with Crippen LogP contribution >= 0.6 is 0 Å². The smallest absolute Gasteiger partial charge is 0.0105 e. The largest absolute Gasteiger partial charge is 0.0622 e. The highest BCUT2D eigenvalue weighted by Gasteiger charge is 2.12. The first kappa shape index (κ1) is 20.2. The average molecular weight is 433 g/mol. The molecule has 0 heterocycles. The van der Waals surface area contributed by atoms with Gasteiger partial charge in [-0.05, 0) is 61.7 Å². The lowest BCUT2D eigenvalue weighted by atomic mass is 10.1. The monoisotopic (exact) mass is 432 g/mol. The molecule has 0 aromatic heterocycles. The van der Waals surface area contributed by atoms with Gasteiger partial charge in [-0.25, -0.2) is 0 Å². The van der Waals surface area contributed by atoms with E-state index in [1.54, 1.807) is 0 Å². The van der Waals surface area contributed by atoms with Crippen LogP contribution in [0.5, 0.6) is 0 Å². The zero-order valence-corrected chi connectivity index (χ0v) is 18.9. The SMILES string of the molecule is C(=C\c1cc(/C=C/c2ccc3cccccc2-3)c2cccccc1-2)/c1ccc2cccccc1-2. The fourth-order valence-corrected chi connectivity index (χ4v) is 4.78. The van der Waals surface area contributed by atoms with E-state index < -0.39 is 0 Å². The van der Waals surface area contributed by atoms with Crippen LogP contribution in [0, 0.1) is 0 Å². The maximum atomic E-state index is 2.30. The fourth-order valence-electron chi connectivity index (χ4n) is 4.78. The van der Waals surface area contributed by atoms with Crippen molar-refractivity contribution < 1.29 is 0 Å². The molecule has 0 spiro atoms. The first-order chi connectivity index (χ1) is 16.9. The topological polar surface area (TPSA) is 0 Å². The summed E-state index contributed by atoms with van der Waals surface area (Å²) in [5.74, 6) is 0. The van der Waals surface area contributed by atoms with Crippen LogP contribution in [0.1, 0.15) is 22.3 Å². The predicted octanol–water partition coefficient (Wildman–Crippen LogP) is 9.34. The van der Waals surface area contributed by atoms with Gasteiger partial charge < -0.3 is 0 Å². The Balaban J connectivity index is 1.38. The minimum atomic E-state index is 1.24. The van der Waals surface area contributed by atoms with E-state index in [1.807, 2.05) is 0 Å². The molecule has 0 nitrogen and oxygen atoms in total. The Labute approximate surface area is 201 Å². The molecule has 6 aliphatic rings. The van der Waals surface area contributed by atoms with Crippen LogP contribution in [-0.4, -0.2) is 0 Å². The second kappa shape index (κ2) is 8.84. The van der Waals surface area contributed by atoms with Crippen LogP contribution in [0.15, 0.2) is 121 Å². The van der Waals surface area contributed by atoms with E-state index >= 15 is 0 Å². The molecule has 0 radical (unpaired) electrons. The van der Waals surface area contributed by atoms with Crippen molar-refractivity contribution in [1.29, 1.82) is 0 Å². The molecule has 6 rings (SSSR count). The minimum Gasteiger partial charge on any atom is -0.0622 e. The highest BCUT2D eigenvalue weighted by Crippen LogP contribution is 2.36. The van der Waals surface area contributed by atoms with E-state index in [1.165, 1.54) is 55.6 Å². The number of rotatable bonds is 4. The van der Waals surface area contributed by atoms with Crippen molar-refractivity contribution in [3.05, 3.63) is 144 Å². The molecule has 6 aliphatic carbocycles. The Morgan fingerprint density at radius 2 is 0.676 bits per heavy atom. The Morgan fingerprint density at radius 1 is 0.294 bits per heavy atom. The van der Waals surface area contributed by atoms with Gasteiger partial charge in [0.1, 0.15) is 0 Å². The van der Waals surface area contributed by atoms with Gasteiger partial charge in [-0.3, -0.25) is 0 Å². The molecule has 0 atom stereocenters. The maximum Gasteiger partial charge on any atom is -0.0105 e.